The summed E-state index contributed by atoms with van der Waals surface area (Å²) in [6.45, 7) is 0. The fraction of sp³-hybridized carbons (Fsp3) is 0.333. The van der Waals surface area contributed by atoms with E-state index in [1.807, 2.05) is 6.07 Å². The van der Waals surface area contributed by atoms with Crippen molar-refractivity contribution >= 4 is 23.4 Å². The van der Waals surface area contributed by atoms with Gasteiger partial charge in [0.2, 0.25) is 0 Å². The highest BCUT2D eigenvalue weighted by atomic mass is 35.5. The predicted octanol–water partition coefficient (Wildman–Crippen LogP) is 1.33. The minimum atomic E-state index is -1.23. The standard InChI is InChI=1S/C15H15ClN2O4S/c16-14-10(2-1-3-18-14)8-4-9(6-17-5-8)22-15-13(21)12(20)11(19)7-23-15/h1-6,11-13,15,19-21H,7H2/t11-,12+,13-,15-/m1/s1. The zero-order chi connectivity index (χ0) is 16.4. The highest BCUT2D eigenvalue weighted by Crippen LogP contribution is 2.31. The molecule has 0 aromatic carbocycles. The molecule has 3 N–H and O–H groups in total. The van der Waals surface area contributed by atoms with Crippen LogP contribution in [0.5, 0.6) is 5.75 Å². The predicted molar refractivity (Wildman–Crippen MR) is 87.4 cm³/mol. The molecule has 3 heterocycles. The first kappa shape index (κ1) is 16.5. The van der Waals surface area contributed by atoms with E-state index >= 15 is 0 Å². The van der Waals surface area contributed by atoms with Gasteiger partial charge in [-0.3, -0.25) is 4.98 Å². The number of rotatable bonds is 3. The second kappa shape index (κ2) is 7.02. The van der Waals surface area contributed by atoms with Crippen LogP contribution in [0, 0.1) is 0 Å². The van der Waals surface area contributed by atoms with Crippen LogP contribution in [-0.2, 0) is 0 Å². The van der Waals surface area contributed by atoms with Crippen molar-refractivity contribution in [2.75, 3.05) is 5.75 Å². The Balaban J connectivity index is 1.80. The van der Waals surface area contributed by atoms with E-state index in [4.69, 9.17) is 16.3 Å². The molecule has 0 radical (unpaired) electrons. The summed E-state index contributed by atoms with van der Waals surface area (Å²) < 4.78 is 5.70. The van der Waals surface area contributed by atoms with Gasteiger partial charge in [-0.2, -0.15) is 0 Å². The van der Waals surface area contributed by atoms with Crippen LogP contribution in [0.15, 0.2) is 36.8 Å². The van der Waals surface area contributed by atoms with Crippen molar-refractivity contribution in [3.05, 3.63) is 41.9 Å². The van der Waals surface area contributed by atoms with E-state index < -0.39 is 23.7 Å². The number of halogens is 1. The number of ether oxygens (including phenoxy) is 1. The normalized spacial score (nSPS) is 27.7. The zero-order valence-electron chi connectivity index (χ0n) is 11.9. The topological polar surface area (TPSA) is 95.7 Å². The average molecular weight is 355 g/mol. The maximum Gasteiger partial charge on any atom is 0.173 e. The molecule has 2 aromatic rings. The first-order valence-corrected chi connectivity index (χ1v) is 8.37. The molecule has 2 aromatic heterocycles. The summed E-state index contributed by atoms with van der Waals surface area (Å²) in [4.78, 5) is 8.14. The molecule has 1 saturated heterocycles. The molecule has 8 heteroatoms. The molecule has 0 spiro atoms. The molecule has 1 fully saturated rings. The third-order valence-electron chi connectivity index (χ3n) is 3.49. The molecular weight excluding hydrogens is 340 g/mol. The van der Waals surface area contributed by atoms with E-state index in [2.05, 4.69) is 9.97 Å². The Morgan fingerprint density at radius 3 is 2.83 bits per heavy atom. The van der Waals surface area contributed by atoms with Gasteiger partial charge in [0.15, 0.2) is 5.44 Å². The third kappa shape index (κ3) is 3.59. The molecule has 4 atom stereocenters. The lowest BCUT2D eigenvalue weighted by Crippen LogP contribution is -2.50. The molecule has 1 aliphatic heterocycles. The zero-order valence-corrected chi connectivity index (χ0v) is 13.5. The van der Waals surface area contributed by atoms with Crippen LogP contribution >= 0.6 is 23.4 Å². The summed E-state index contributed by atoms with van der Waals surface area (Å²) in [7, 11) is 0. The second-order valence-corrected chi connectivity index (χ2v) is 6.61. The van der Waals surface area contributed by atoms with Gasteiger partial charge in [-0.25, -0.2) is 4.98 Å². The Morgan fingerprint density at radius 1 is 1.22 bits per heavy atom. The first-order chi connectivity index (χ1) is 11.1. The molecule has 0 bridgehead atoms. The SMILES string of the molecule is O[C@@H]1[C@@H](O)[C@H](Oc2cncc(-c3cccnc3Cl)c2)SC[C@H]1O. The van der Waals surface area contributed by atoms with E-state index in [0.29, 0.717) is 10.9 Å². The van der Waals surface area contributed by atoms with Crippen molar-refractivity contribution in [1.82, 2.24) is 9.97 Å². The van der Waals surface area contributed by atoms with Gasteiger partial charge in [0.25, 0.3) is 0 Å². The van der Waals surface area contributed by atoms with E-state index in [9.17, 15) is 15.3 Å². The molecule has 23 heavy (non-hydrogen) atoms. The Morgan fingerprint density at radius 2 is 2.04 bits per heavy atom. The van der Waals surface area contributed by atoms with Gasteiger partial charge in [0, 0.05) is 29.3 Å². The quantitative estimate of drug-likeness (QED) is 0.715. The van der Waals surface area contributed by atoms with Crippen LogP contribution in [-0.4, -0.2) is 54.8 Å². The van der Waals surface area contributed by atoms with Crippen molar-refractivity contribution in [3.63, 3.8) is 0 Å². The van der Waals surface area contributed by atoms with Gasteiger partial charge in [0.1, 0.15) is 23.1 Å². The van der Waals surface area contributed by atoms with Gasteiger partial charge in [-0.15, -0.1) is 11.8 Å². The van der Waals surface area contributed by atoms with E-state index in [1.165, 1.54) is 18.0 Å². The molecular formula is C15H15ClN2O4S. The van der Waals surface area contributed by atoms with Crippen molar-refractivity contribution in [3.8, 4) is 16.9 Å². The van der Waals surface area contributed by atoms with Crippen molar-refractivity contribution in [2.24, 2.45) is 0 Å². The second-order valence-electron chi connectivity index (χ2n) is 5.12. The lowest BCUT2D eigenvalue weighted by atomic mass is 10.1. The Hall–Kier alpha value is -1.38. The third-order valence-corrected chi connectivity index (χ3v) is 5.03. The number of aliphatic hydroxyl groups excluding tert-OH is 3. The summed E-state index contributed by atoms with van der Waals surface area (Å²) in [5.74, 6) is 0.715. The molecule has 3 rings (SSSR count). The average Bonchev–Trinajstić information content (AvgIpc) is 2.56. The van der Waals surface area contributed by atoms with Gasteiger partial charge in [-0.1, -0.05) is 11.6 Å². The van der Waals surface area contributed by atoms with E-state index in [1.54, 1.807) is 24.5 Å². The summed E-state index contributed by atoms with van der Waals surface area (Å²) in [6.07, 6.45) is 1.37. The summed E-state index contributed by atoms with van der Waals surface area (Å²) in [5.41, 5.74) is 0.769. The molecule has 0 aliphatic carbocycles. The fourth-order valence-electron chi connectivity index (χ4n) is 2.25. The smallest absolute Gasteiger partial charge is 0.173 e. The fourth-order valence-corrected chi connectivity index (χ4v) is 3.60. The monoisotopic (exact) mass is 354 g/mol. The van der Waals surface area contributed by atoms with Crippen LogP contribution in [0.25, 0.3) is 11.1 Å². The minimum absolute atomic E-state index is 0.282. The number of aromatic nitrogens is 2. The van der Waals surface area contributed by atoms with Gasteiger partial charge < -0.3 is 20.1 Å². The molecule has 0 saturated carbocycles. The van der Waals surface area contributed by atoms with Crippen LogP contribution in [0.4, 0.5) is 0 Å². The maximum absolute atomic E-state index is 9.99. The first-order valence-electron chi connectivity index (χ1n) is 6.94. The Kier molecular flexibility index (Phi) is 5.03. The van der Waals surface area contributed by atoms with E-state index in [-0.39, 0.29) is 5.75 Å². The van der Waals surface area contributed by atoms with Crippen molar-refractivity contribution < 1.29 is 20.1 Å². The van der Waals surface area contributed by atoms with Gasteiger partial charge in [-0.05, 0) is 18.2 Å². The van der Waals surface area contributed by atoms with Crippen LogP contribution in [0.2, 0.25) is 5.15 Å². The highest BCUT2D eigenvalue weighted by Gasteiger charge is 2.38. The number of pyridine rings is 2. The summed E-state index contributed by atoms with van der Waals surface area (Å²) >= 11 is 7.31. The molecule has 122 valence electrons. The van der Waals surface area contributed by atoms with Crippen molar-refractivity contribution in [1.29, 1.82) is 0 Å². The van der Waals surface area contributed by atoms with Gasteiger partial charge >= 0.3 is 0 Å². The summed E-state index contributed by atoms with van der Waals surface area (Å²) in [5, 5.41) is 29.6. The molecule has 1 aliphatic rings. The number of aliphatic hydroxyl groups is 3. The summed E-state index contributed by atoms with van der Waals surface area (Å²) in [6, 6.07) is 5.33. The number of thioether (sulfide) groups is 1. The number of nitrogens with zero attached hydrogens (tertiary/aromatic N) is 2. The largest absolute Gasteiger partial charge is 0.475 e. The minimum Gasteiger partial charge on any atom is -0.475 e. The number of hydrogen-bond acceptors (Lipinski definition) is 7. The molecule has 0 unspecified atom stereocenters. The Bertz CT molecular complexity index is 690. The van der Waals surface area contributed by atoms with E-state index in [0.717, 1.165) is 11.1 Å². The van der Waals surface area contributed by atoms with Crippen LogP contribution in [0.3, 0.4) is 0 Å². The van der Waals surface area contributed by atoms with Crippen molar-refractivity contribution in [2.45, 2.75) is 23.7 Å². The number of hydrogen-bond donors (Lipinski definition) is 3. The Labute approximate surface area is 142 Å². The van der Waals surface area contributed by atoms with Crippen LogP contribution < -0.4 is 4.74 Å². The maximum atomic E-state index is 9.99. The molecule has 6 nitrogen and oxygen atoms in total. The van der Waals surface area contributed by atoms with Gasteiger partial charge in [0.05, 0.1) is 12.3 Å². The highest BCUT2D eigenvalue weighted by molar-refractivity contribution is 7.99. The lowest BCUT2D eigenvalue weighted by molar-refractivity contribution is -0.0786. The van der Waals surface area contributed by atoms with Crippen LogP contribution in [0.1, 0.15) is 0 Å². The lowest BCUT2D eigenvalue weighted by Gasteiger charge is -2.34. The molecule has 0 amide bonds.